The van der Waals surface area contributed by atoms with E-state index in [-0.39, 0.29) is 5.91 Å². The largest absolute Gasteiger partial charge is 0.492 e. The minimum absolute atomic E-state index is 0.202. The molecule has 0 bridgehead atoms. The van der Waals surface area contributed by atoms with Crippen LogP contribution in [0.25, 0.3) is 21.1 Å². The number of hydrogen-bond donors (Lipinski definition) is 0. The molecule has 136 valence electrons. The predicted octanol–water partition coefficient (Wildman–Crippen LogP) is 4.68. The summed E-state index contributed by atoms with van der Waals surface area (Å²) in [4.78, 5) is 27.4. The van der Waals surface area contributed by atoms with Crippen molar-refractivity contribution in [3.63, 3.8) is 0 Å². The van der Waals surface area contributed by atoms with Crippen molar-refractivity contribution in [3.8, 4) is 5.75 Å². The van der Waals surface area contributed by atoms with Gasteiger partial charge in [-0.25, -0.2) is 4.79 Å². The molecule has 0 aliphatic rings. The zero-order chi connectivity index (χ0) is 19.0. The standard InChI is InChI=1S/C21H17NO4S/c1-3-25-17-11-7-5-9-15(17)22(2)20(23)18-12-14-19(27-18)13-8-4-6-10-16(13)26-21(14)24/h4-12H,3H2,1-2H3. The first-order chi connectivity index (χ1) is 13.1. The summed E-state index contributed by atoms with van der Waals surface area (Å²) in [5, 5.41) is 1.25. The Morgan fingerprint density at radius 2 is 1.85 bits per heavy atom. The van der Waals surface area contributed by atoms with E-state index in [0.717, 1.165) is 10.1 Å². The second-order valence-electron chi connectivity index (χ2n) is 6.00. The highest BCUT2D eigenvalue weighted by atomic mass is 32.1. The van der Waals surface area contributed by atoms with Crippen LogP contribution in [0.5, 0.6) is 5.75 Å². The number of anilines is 1. The van der Waals surface area contributed by atoms with Crippen LogP contribution in [0.3, 0.4) is 0 Å². The van der Waals surface area contributed by atoms with Gasteiger partial charge < -0.3 is 14.1 Å². The molecule has 0 fully saturated rings. The molecule has 0 aliphatic carbocycles. The van der Waals surface area contributed by atoms with Gasteiger partial charge >= 0.3 is 5.63 Å². The predicted molar refractivity (Wildman–Crippen MR) is 108 cm³/mol. The van der Waals surface area contributed by atoms with Crippen LogP contribution in [-0.4, -0.2) is 19.6 Å². The highest BCUT2D eigenvalue weighted by Gasteiger charge is 2.21. The second-order valence-corrected chi connectivity index (χ2v) is 7.06. The Bertz CT molecular complexity index is 1210. The van der Waals surface area contributed by atoms with Crippen molar-refractivity contribution in [1.29, 1.82) is 0 Å². The number of amides is 1. The van der Waals surface area contributed by atoms with E-state index in [1.165, 1.54) is 11.3 Å². The number of para-hydroxylation sites is 3. The van der Waals surface area contributed by atoms with Crippen LogP contribution in [0.4, 0.5) is 5.69 Å². The molecule has 2 aromatic heterocycles. The number of ether oxygens (including phenoxy) is 1. The number of carbonyl (C=O) groups is 1. The molecule has 2 aromatic carbocycles. The molecule has 0 unspecified atom stereocenters. The molecule has 0 saturated heterocycles. The minimum atomic E-state index is -0.434. The van der Waals surface area contributed by atoms with E-state index in [1.807, 2.05) is 49.4 Å². The number of rotatable bonds is 4. The van der Waals surface area contributed by atoms with E-state index in [4.69, 9.17) is 9.15 Å². The molecule has 5 nitrogen and oxygen atoms in total. The molecule has 0 aliphatic heterocycles. The third-order valence-corrected chi connectivity index (χ3v) is 5.48. The lowest BCUT2D eigenvalue weighted by molar-refractivity contribution is 0.0996. The zero-order valence-corrected chi connectivity index (χ0v) is 15.7. The Morgan fingerprint density at radius 3 is 2.67 bits per heavy atom. The van der Waals surface area contributed by atoms with Crippen LogP contribution < -0.4 is 15.3 Å². The van der Waals surface area contributed by atoms with Gasteiger partial charge in [0.25, 0.3) is 5.91 Å². The third kappa shape index (κ3) is 2.98. The number of hydrogen-bond acceptors (Lipinski definition) is 5. The molecule has 1 amide bonds. The number of fused-ring (bicyclic) bond motifs is 3. The van der Waals surface area contributed by atoms with E-state index in [0.29, 0.717) is 33.9 Å². The van der Waals surface area contributed by atoms with Crippen LogP contribution in [0.1, 0.15) is 16.6 Å². The van der Waals surface area contributed by atoms with Gasteiger partial charge in [-0.2, -0.15) is 0 Å². The number of thiophene rings is 1. The lowest BCUT2D eigenvalue weighted by Gasteiger charge is -2.19. The molecular formula is C21H17NO4S. The maximum Gasteiger partial charge on any atom is 0.345 e. The Hall–Kier alpha value is -3.12. The van der Waals surface area contributed by atoms with Gasteiger partial charge in [0.15, 0.2) is 0 Å². The Kier molecular flexibility index (Phi) is 4.41. The van der Waals surface area contributed by atoms with Crippen molar-refractivity contribution in [2.75, 3.05) is 18.6 Å². The van der Waals surface area contributed by atoms with Gasteiger partial charge in [-0.1, -0.05) is 24.3 Å². The SMILES string of the molecule is CCOc1ccccc1N(C)C(=O)c1cc2c(=O)oc3ccccc3c2s1. The van der Waals surface area contributed by atoms with Crippen molar-refractivity contribution in [3.05, 3.63) is 69.9 Å². The Morgan fingerprint density at radius 1 is 1.11 bits per heavy atom. The average Bonchev–Trinajstić information content (AvgIpc) is 3.14. The first kappa shape index (κ1) is 17.3. The van der Waals surface area contributed by atoms with Crippen LogP contribution in [0.15, 0.2) is 63.8 Å². The molecule has 0 saturated carbocycles. The average molecular weight is 379 g/mol. The van der Waals surface area contributed by atoms with Gasteiger partial charge in [-0.05, 0) is 37.3 Å². The van der Waals surface area contributed by atoms with Crippen LogP contribution in [-0.2, 0) is 0 Å². The second kappa shape index (κ2) is 6.89. The molecular weight excluding hydrogens is 362 g/mol. The number of nitrogens with zero attached hydrogens (tertiary/aromatic N) is 1. The minimum Gasteiger partial charge on any atom is -0.492 e. The van der Waals surface area contributed by atoms with Crippen LogP contribution in [0.2, 0.25) is 0 Å². The van der Waals surface area contributed by atoms with Gasteiger partial charge in [-0.3, -0.25) is 4.79 Å². The summed E-state index contributed by atoms with van der Waals surface area (Å²) in [6.07, 6.45) is 0. The molecule has 2 heterocycles. The molecule has 4 rings (SSSR count). The molecule has 0 N–H and O–H groups in total. The number of carbonyl (C=O) groups excluding carboxylic acids is 1. The summed E-state index contributed by atoms with van der Waals surface area (Å²) in [6.45, 7) is 2.41. The van der Waals surface area contributed by atoms with Gasteiger partial charge in [0, 0.05) is 12.4 Å². The first-order valence-electron chi connectivity index (χ1n) is 8.55. The van der Waals surface area contributed by atoms with Gasteiger partial charge in [0.05, 0.1) is 27.3 Å². The molecule has 0 spiro atoms. The fourth-order valence-corrected chi connectivity index (χ4v) is 4.18. The summed E-state index contributed by atoms with van der Waals surface area (Å²) in [7, 11) is 1.70. The van der Waals surface area contributed by atoms with Crippen LogP contribution in [0, 0.1) is 0 Å². The maximum atomic E-state index is 13.1. The molecule has 0 radical (unpaired) electrons. The monoisotopic (exact) mass is 379 g/mol. The molecule has 4 aromatic rings. The van der Waals surface area contributed by atoms with Crippen molar-refractivity contribution >= 4 is 44.0 Å². The van der Waals surface area contributed by atoms with E-state index < -0.39 is 5.63 Å². The summed E-state index contributed by atoms with van der Waals surface area (Å²) in [6, 6.07) is 16.3. The summed E-state index contributed by atoms with van der Waals surface area (Å²) in [5.41, 5.74) is 0.765. The fraction of sp³-hybridized carbons (Fsp3) is 0.143. The highest BCUT2D eigenvalue weighted by molar-refractivity contribution is 7.21. The maximum absolute atomic E-state index is 13.1. The number of benzene rings is 2. The van der Waals surface area contributed by atoms with Crippen molar-refractivity contribution in [2.45, 2.75) is 6.92 Å². The van der Waals surface area contributed by atoms with Crippen molar-refractivity contribution in [2.24, 2.45) is 0 Å². The topological polar surface area (TPSA) is 59.8 Å². The fourth-order valence-electron chi connectivity index (χ4n) is 3.03. The summed E-state index contributed by atoms with van der Waals surface area (Å²) < 4.78 is 11.8. The zero-order valence-electron chi connectivity index (χ0n) is 14.9. The van der Waals surface area contributed by atoms with E-state index in [1.54, 1.807) is 24.1 Å². The van der Waals surface area contributed by atoms with E-state index in [9.17, 15) is 9.59 Å². The Balaban J connectivity index is 1.81. The Labute approximate surface area is 159 Å². The van der Waals surface area contributed by atoms with E-state index in [2.05, 4.69) is 0 Å². The lowest BCUT2D eigenvalue weighted by atomic mass is 10.2. The molecule has 0 atom stereocenters. The highest BCUT2D eigenvalue weighted by Crippen LogP contribution is 2.33. The van der Waals surface area contributed by atoms with Crippen molar-refractivity contribution < 1.29 is 13.9 Å². The van der Waals surface area contributed by atoms with E-state index >= 15 is 0 Å². The first-order valence-corrected chi connectivity index (χ1v) is 9.37. The summed E-state index contributed by atoms with van der Waals surface area (Å²) in [5.74, 6) is 0.439. The quantitative estimate of drug-likeness (QED) is 0.483. The van der Waals surface area contributed by atoms with Gasteiger partial charge in [0.2, 0.25) is 0 Å². The third-order valence-electron chi connectivity index (χ3n) is 4.33. The van der Waals surface area contributed by atoms with Gasteiger partial charge in [-0.15, -0.1) is 11.3 Å². The normalized spacial score (nSPS) is 11.0. The lowest BCUT2D eigenvalue weighted by Crippen LogP contribution is -2.25. The summed E-state index contributed by atoms with van der Waals surface area (Å²) >= 11 is 1.30. The molecule has 27 heavy (non-hydrogen) atoms. The smallest absolute Gasteiger partial charge is 0.345 e. The molecule has 6 heteroatoms. The van der Waals surface area contributed by atoms with Gasteiger partial charge in [0.1, 0.15) is 11.3 Å². The van der Waals surface area contributed by atoms with Crippen LogP contribution >= 0.6 is 11.3 Å². The van der Waals surface area contributed by atoms with Crippen molar-refractivity contribution in [1.82, 2.24) is 0 Å².